The van der Waals surface area contributed by atoms with Crippen LogP contribution in [0.5, 0.6) is 0 Å². The average molecular weight is 637 g/mol. The van der Waals surface area contributed by atoms with Crippen LogP contribution in [0.4, 0.5) is 0 Å². The van der Waals surface area contributed by atoms with Gasteiger partial charge in [-0.25, -0.2) is 0 Å². The first-order valence-electron chi connectivity index (χ1n) is 13.1. The van der Waals surface area contributed by atoms with Crippen molar-refractivity contribution < 1.29 is 76.2 Å². The molecule has 0 aromatic rings. The summed E-state index contributed by atoms with van der Waals surface area (Å²) in [6, 6.07) is 0. The SMILES string of the molecule is CC(=O)OC[C@H]1OC[C@H](S[C@@H]2O[C@H](COC(C)=O)[C@@H](OC(C)=O)[C@H](OC(C)=O)[C@H]2OC(C)=O)[C@@H](OC(C)=O)[C@H]1OC(C)=O. The van der Waals surface area contributed by atoms with E-state index >= 15 is 0 Å². The lowest BCUT2D eigenvalue weighted by Gasteiger charge is -2.46. The largest absolute Gasteiger partial charge is 0.463 e. The molecule has 2 aliphatic heterocycles. The molecule has 0 bridgehead atoms. The van der Waals surface area contributed by atoms with E-state index in [1.54, 1.807) is 0 Å². The monoisotopic (exact) mass is 636 g/mol. The summed E-state index contributed by atoms with van der Waals surface area (Å²) in [5.74, 6) is -5.17. The number of carbonyl (C=O) groups is 7. The van der Waals surface area contributed by atoms with E-state index in [0.717, 1.165) is 53.3 Å². The van der Waals surface area contributed by atoms with Crippen LogP contribution in [-0.4, -0.2) is 115 Å². The third kappa shape index (κ3) is 11.3. The zero-order chi connectivity index (χ0) is 32.4. The summed E-state index contributed by atoms with van der Waals surface area (Å²) in [7, 11) is 0. The van der Waals surface area contributed by atoms with Crippen LogP contribution in [0.3, 0.4) is 0 Å². The Kier molecular flexibility index (Phi) is 13.7. The van der Waals surface area contributed by atoms with Gasteiger partial charge in [-0.2, -0.15) is 0 Å². The Labute approximate surface area is 251 Å². The van der Waals surface area contributed by atoms with Crippen molar-refractivity contribution in [1.82, 2.24) is 0 Å². The van der Waals surface area contributed by atoms with Crippen LogP contribution < -0.4 is 0 Å². The molecule has 2 rings (SSSR count). The Morgan fingerprint density at radius 1 is 0.535 bits per heavy atom. The normalized spacial score (nSPS) is 30.2. The predicted molar refractivity (Wildman–Crippen MR) is 141 cm³/mol. The third-order valence-electron chi connectivity index (χ3n) is 5.84. The minimum atomic E-state index is -1.42. The molecule has 0 aromatic carbocycles. The van der Waals surface area contributed by atoms with E-state index in [4.69, 9.17) is 42.6 Å². The molecule has 0 unspecified atom stereocenters. The lowest BCUT2D eigenvalue weighted by atomic mass is 9.99. The maximum Gasteiger partial charge on any atom is 0.303 e. The predicted octanol–water partition coefficient (Wildman–Crippen LogP) is -0.00340. The summed E-state index contributed by atoms with van der Waals surface area (Å²) in [5, 5.41) is -0.873. The second kappa shape index (κ2) is 16.4. The molecule has 0 spiro atoms. The summed E-state index contributed by atoms with van der Waals surface area (Å²) in [6.45, 7) is 6.95. The molecule has 2 aliphatic rings. The van der Waals surface area contributed by atoms with Crippen LogP contribution in [-0.2, 0) is 76.2 Å². The molecule has 0 amide bonds. The van der Waals surface area contributed by atoms with Crippen LogP contribution in [0.15, 0.2) is 0 Å². The van der Waals surface area contributed by atoms with Crippen molar-refractivity contribution in [2.24, 2.45) is 0 Å². The van der Waals surface area contributed by atoms with Crippen LogP contribution in [0.25, 0.3) is 0 Å². The molecule has 0 N–H and O–H groups in total. The molecular formula is C26H36O16S. The standard InChI is InChI=1S/C26H36O16S/c1-11(27)34-8-18-21(37-13(3)29)23(39-15(5)31)20(10-36-18)43-26-25(41-17(7)33)24(40-16(6)32)22(38-14(4)30)19(42-26)9-35-12(2)28/h18-26H,8-10H2,1-7H3/t18-,19-,20+,21+,22-,23-,24+,25-,26+/m1/s1. The molecule has 0 aromatic heterocycles. The van der Waals surface area contributed by atoms with Crippen LogP contribution in [0.2, 0.25) is 0 Å². The molecule has 17 heteroatoms. The Morgan fingerprint density at radius 3 is 1.40 bits per heavy atom. The summed E-state index contributed by atoms with van der Waals surface area (Å²) in [4.78, 5) is 83.4. The number of carbonyl (C=O) groups excluding carboxylic acids is 7. The molecule has 16 nitrogen and oxygen atoms in total. The van der Waals surface area contributed by atoms with E-state index in [1.165, 1.54) is 6.92 Å². The first kappa shape index (κ1) is 35.8. The van der Waals surface area contributed by atoms with E-state index in [-0.39, 0.29) is 13.2 Å². The quantitative estimate of drug-likeness (QED) is 0.216. The fourth-order valence-electron chi connectivity index (χ4n) is 4.43. The van der Waals surface area contributed by atoms with Crippen LogP contribution >= 0.6 is 11.8 Å². The van der Waals surface area contributed by atoms with Gasteiger partial charge in [0.1, 0.15) is 30.9 Å². The maximum atomic E-state index is 12.2. The van der Waals surface area contributed by atoms with Gasteiger partial charge in [-0.1, -0.05) is 0 Å². The summed E-state index contributed by atoms with van der Waals surface area (Å²) >= 11 is 0.916. The van der Waals surface area contributed by atoms with Gasteiger partial charge in [0.2, 0.25) is 0 Å². The molecular weight excluding hydrogens is 600 g/mol. The summed E-state index contributed by atoms with van der Waals surface area (Å²) < 4.78 is 49.4. The second-order valence-corrected chi connectivity index (χ2v) is 10.9. The first-order valence-corrected chi connectivity index (χ1v) is 14.1. The number of esters is 7. The molecule has 0 aliphatic carbocycles. The highest BCUT2D eigenvalue weighted by Gasteiger charge is 2.55. The van der Waals surface area contributed by atoms with E-state index < -0.39 is 102 Å². The van der Waals surface area contributed by atoms with Crippen molar-refractivity contribution in [2.75, 3.05) is 19.8 Å². The lowest BCUT2D eigenvalue weighted by Crippen LogP contribution is -2.63. The van der Waals surface area contributed by atoms with Gasteiger partial charge in [-0.05, 0) is 0 Å². The van der Waals surface area contributed by atoms with Crippen molar-refractivity contribution >= 4 is 53.5 Å². The Morgan fingerprint density at radius 2 is 0.930 bits per heavy atom. The highest BCUT2D eigenvalue weighted by Crippen LogP contribution is 2.40. The first-order chi connectivity index (χ1) is 20.1. The van der Waals surface area contributed by atoms with Gasteiger partial charge in [-0.3, -0.25) is 33.6 Å². The van der Waals surface area contributed by atoms with E-state index in [9.17, 15) is 33.6 Å². The molecule has 0 saturated carbocycles. The van der Waals surface area contributed by atoms with Gasteiger partial charge < -0.3 is 42.6 Å². The zero-order valence-corrected chi connectivity index (χ0v) is 25.6. The third-order valence-corrected chi connectivity index (χ3v) is 7.24. The van der Waals surface area contributed by atoms with Gasteiger partial charge in [0.25, 0.3) is 0 Å². The van der Waals surface area contributed by atoms with E-state index in [2.05, 4.69) is 0 Å². The number of hydrogen-bond donors (Lipinski definition) is 0. The van der Waals surface area contributed by atoms with Crippen molar-refractivity contribution in [2.45, 2.75) is 102 Å². The molecule has 2 fully saturated rings. The lowest BCUT2D eigenvalue weighted by molar-refractivity contribution is -0.237. The fourth-order valence-corrected chi connectivity index (χ4v) is 5.87. The number of hydrogen-bond acceptors (Lipinski definition) is 17. The molecule has 0 radical (unpaired) electrons. The van der Waals surface area contributed by atoms with Crippen LogP contribution in [0.1, 0.15) is 48.5 Å². The van der Waals surface area contributed by atoms with Gasteiger partial charge in [0.15, 0.2) is 30.5 Å². The topological polar surface area (TPSA) is 203 Å². The minimum absolute atomic E-state index is 0.167. The van der Waals surface area contributed by atoms with Crippen molar-refractivity contribution in [3.05, 3.63) is 0 Å². The zero-order valence-electron chi connectivity index (χ0n) is 24.8. The van der Waals surface area contributed by atoms with Crippen molar-refractivity contribution in [1.29, 1.82) is 0 Å². The fraction of sp³-hybridized carbons (Fsp3) is 0.731. The molecule has 2 saturated heterocycles. The highest BCUT2D eigenvalue weighted by molar-refractivity contribution is 8.00. The number of thioether (sulfide) groups is 1. The van der Waals surface area contributed by atoms with Gasteiger partial charge in [-0.15, -0.1) is 11.8 Å². The van der Waals surface area contributed by atoms with Crippen LogP contribution in [0, 0.1) is 0 Å². The molecule has 2 heterocycles. The summed E-state index contributed by atoms with van der Waals surface area (Å²) in [6.07, 6.45) is -8.83. The Bertz CT molecular complexity index is 1060. The number of rotatable bonds is 11. The smallest absolute Gasteiger partial charge is 0.303 e. The highest BCUT2D eigenvalue weighted by atomic mass is 32.2. The second-order valence-electron chi connectivity index (χ2n) is 9.56. The van der Waals surface area contributed by atoms with Gasteiger partial charge in [0.05, 0.1) is 11.9 Å². The van der Waals surface area contributed by atoms with Gasteiger partial charge >= 0.3 is 41.8 Å². The average Bonchev–Trinajstić information content (AvgIpc) is 2.86. The maximum absolute atomic E-state index is 12.2. The van der Waals surface area contributed by atoms with E-state index in [0.29, 0.717) is 0 Å². The Balaban J connectivity index is 2.53. The molecule has 43 heavy (non-hydrogen) atoms. The van der Waals surface area contributed by atoms with Gasteiger partial charge in [0, 0.05) is 48.5 Å². The minimum Gasteiger partial charge on any atom is -0.463 e. The van der Waals surface area contributed by atoms with Crippen molar-refractivity contribution in [3.63, 3.8) is 0 Å². The molecule has 9 atom stereocenters. The Hall–Kier alpha value is -3.44. The number of ether oxygens (including phenoxy) is 9. The van der Waals surface area contributed by atoms with E-state index in [1.807, 2.05) is 0 Å². The summed E-state index contributed by atoms with van der Waals surface area (Å²) in [5.41, 5.74) is -1.23. The molecule has 242 valence electrons. The van der Waals surface area contributed by atoms with Crippen molar-refractivity contribution in [3.8, 4) is 0 Å².